The highest BCUT2D eigenvalue weighted by atomic mass is 16.2. The number of anilines is 1. The smallest absolute Gasteiger partial charge is 0.246 e. The summed E-state index contributed by atoms with van der Waals surface area (Å²) in [5.41, 5.74) is 3.27. The largest absolute Gasteiger partial charge is 0.337 e. The van der Waals surface area contributed by atoms with Crippen molar-refractivity contribution in [2.75, 3.05) is 44.2 Å². The van der Waals surface area contributed by atoms with E-state index in [1.165, 1.54) is 5.56 Å². The normalized spacial score (nSPS) is 17.8. The molecule has 0 spiro atoms. The highest BCUT2D eigenvalue weighted by Crippen LogP contribution is 2.22. The summed E-state index contributed by atoms with van der Waals surface area (Å²) in [4.78, 5) is 30.6. The van der Waals surface area contributed by atoms with Crippen LogP contribution in [0.3, 0.4) is 0 Å². The van der Waals surface area contributed by atoms with Gasteiger partial charge in [0.25, 0.3) is 0 Å². The minimum absolute atomic E-state index is 0.0662. The number of piperazine rings is 1. The van der Waals surface area contributed by atoms with Crippen LogP contribution in [0, 0.1) is 0 Å². The molecule has 2 heterocycles. The Balaban J connectivity index is 1.23. The molecule has 0 unspecified atom stereocenters. The van der Waals surface area contributed by atoms with E-state index in [1.54, 1.807) is 6.08 Å². The van der Waals surface area contributed by atoms with E-state index in [4.69, 9.17) is 0 Å². The number of hydrogen-bond donors (Lipinski definition) is 0. The lowest BCUT2D eigenvalue weighted by Gasteiger charge is -2.34. The van der Waals surface area contributed by atoms with Crippen LogP contribution in [0.15, 0.2) is 60.7 Å². The topological polar surface area (TPSA) is 43.9 Å². The predicted octanol–water partition coefficient (Wildman–Crippen LogP) is 3.21. The third kappa shape index (κ3) is 5.16. The molecule has 0 aliphatic carbocycles. The van der Waals surface area contributed by atoms with Gasteiger partial charge in [-0.3, -0.25) is 14.5 Å². The maximum absolute atomic E-state index is 12.5. The Kier molecular flexibility index (Phi) is 6.60. The lowest BCUT2D eigenvalue weighted by Crippen LogP contribution is -2.48. The van der Waals surface area contributed by atoms with Crippen LogP contribution < -0.4 is 4.90 Å². The van der Waals surface area contributed by atoms with Gasteiger partial charge in [0.2, 0.25) is 11.8 Å². The van der Waals surface area contributed by atoms with Gasteiger partial charge in [0, 0.05) is 57.5 Å². The number of carbonyl (C=O) groups excluding carboxylic acids is 2. The maximum Gasteiger partial charge on any atom is 0.246 e. The molecule has 2 saturated heterocycles. The number of nitrogens with zero attached hydrogens (tertiary/aromatic N) is 3. The van der Waals surface area contributed by atoms with Gasteiger partial charge < -0.3 is 9.80 Å². The number of rotatable bonds is 6. The maximum atomic E-state index is 12.5. The lowest BCUT2D eigenvalue weighted by molar-refractivity contribution is -0.127. The third-order valence-corrected chi connectivity index (χ3v) is 5.94. The monoisotopic (exact) mass is 403 g/mol. The molecule has 2 aromatic carbocycles. The van der Waals surface area contributed by atoms with Gasteiger partial charge in [-0.25, -0.2) is 0 Å². The van der Waals surface area contributed by atoms with Crippen LogP contribution in [0.2, 0.25) is 0 Å². The van der Waals surface area contributed by atoms with Crippen LogP contribution in [-0.4, -0.2) is 60.9 Å². The number of hydrogen-bond acceptors (Lipinski definition) is 3. The summed E-state index contributed by atoms with van der Waals surface area (Å²) in [6, 6.07) is 18.4. The average molecular weight is 404 g/mol. The van der Waals surface area contributed by atoms with Crippen molar-refractivity contribution < 1.29 is 9.59 Å². The molecule has 0 aromatic heterocycles. The number of amides is 2. The van der Waals surface area contributed by atoms with E-state index in [-0.39, 0.29) is 11.8 Å². The highest BCUT2D eigenvalue weighted by Gasteiger charge is 2.21. The van der Waals surface area contributed by atoms with Crippen molar-refractivity contribution in [3.63, 3.8) is 0 Å². The summed E-state index contributed by atoms with van der Waals surface area (Å²) in [6.45, 7) is 5.22. The Morgan fingerprint density at radius 2 is 1.63 bits per heavy atom. The zero-order valence-corrected chi connectivity index (χ0v) is 17.4. The van der Waals surface area contributed by atoms with E-state index >= 15 is 0 Å². The molecule has 0 atom stereocenters. The van der Waals surface area contributed by atoms with Crippen LogP contribution in [0.25, 0.3) is 6.08 Å². The van der Waals surface area contributed by atoms with Crippen molar-refractivity contribution in [1.29, 1.82) is 0 Å². The van der Waals surface area contributed by atoms with Gasteiger partial charge in [0.1, 0.15) is 0 Å². The number of benzene rings is 2. The van der Waals surface area contributed by atoms with Crippen LogP contribution in [0.5, 0.6) is 0 Å². The van der Waals surface area contributed by atoms with Gasteiger partial charge in [-0.05, 0) is 42.2 Å². The Bertz CT molecular complexity index is 884. The summed E-state index contributed by atoms with van der Waals surface area (Å²) in [5.74, 6) is 0.257. The summed E-state index contributed by atoms with van der Waals surface area (Å²) < 4.78 is 0. The predicted molar refractivity (Wildman–Crippen MR) is 120 cm³/mol. The molecule has 4 rings (SSSR count). The standard InChI is InChI=1S/C25H29N3O2/c29-24(13-10-22-8-11-23(12-9-22)28-15-4-7-25(28)30)27-19-17-26(18-20-27)16-14-21-5-2-1-3-6-21/h1-3,5-6,8-13H,4,7,14-20H2/b13-10+. The molecule has 0 radical (unpaired) electrons. The zero-order valence-electron chi connectivity index (χ0n) is 17.4. The molecule has 2 fully saturated rings. The Morgan fingerprint density at radius 1 is 0.900 bits per heavy atom. The van der Waals surface area contributed by atoms with E-state index in [0.29, 0.717) is 6.42 Å². The molecule has 2 aromatic rings. The summed E-state index contributed by atoms with van der Waals surface area (Å²) in [5, 5.41) is 0. The van der Waals surface area contributed by atoms with Gasteiger partial charge >= 0.3 is 0 Å². The molecule has 5 nitrogen and oxygen atoms in total. The quantitative estimate of drug-likeness (QED) is 0.696. The Labute approximate surface area is 178 Å². The van der Waals surface area contributed by atoms with Gasteiger partial charge in [0.15, 0.2) is 0 Å². The van der Waals surface area contributed by atoms with E-state index in [2.05, 4.69) is 29.2 Å². The van der Waals surface area contributed by atoms with Crippen LogP contribution in [-0.2, 0) is 16.0 Å². The van der Waals surface area contributed by atoms with Crippen LogP contribution in [0.4, 0.5) is 5.69 Å². The molecule has 5 heteroatoms. The van der Waals surface area contributed by atoms with Gasteiger partial charge in [0.05, 0.1) is 0 Å². The molecule has 156 valence electrons. The number of carbonyl (C=O) groups is 2. The molecule has 0 saturated carbocycles. The van der Waals surface area contributed by atoms with E-state index < -0.39 is 0 Å². The summed E-state index contributed by atoms with van der Waals surface area (Å²) in [7, 11) is 0. The highest BCUT2D eigenvalue weighted by molar-refractivity contribution is 5.95. The van der Waals surface area contributed by atoms with Crippen molar-refractivity contribution in [3.8, 4) is 0 Å². The molecule has 2 aliphatic rings. The first kappa shape index (κ1) is 20.4. The molecule has 2 aliphatic heterocycles. The average Bonchev–Trinajstić information content (AvgIpc) is 3.23. The third-order valence-electron chi connectivity index (χ3n) is 5.94. The first-order valence-corrected chi connectivity index (χ1v) is 10.8. The second kappa shape index (κ2) is 9.72. The first-order valence-electron chi connectivity index (χ1n) is 10.8. The van der Waals surface area contributed by atoms with Crippen molar-refractivity contribution in [2.24, 2.45) is 0 Å². The van der Waals surface area contributed by atoms with Crippen molar-refractivity contribution in [2.45, 2.75) is 19.3 Å². The van der Waals surface area contributed by atoms with Gasteiger partial charge in [-0.2, -0.15) is 0 Å². The van der Waals surface area contributed by atoms with Gasteiger partial charge in [-0.1, -0.05) is 42.5 Å². The van der Waals surface area contributed by atoms with E-state index in [1.807, 2.05) is 46.2 Å². The Hall–Kier alpha value is -2.92. The summed E-state index contributed by atoms with van der Waals surface area (Å²) in [6.07, 6.45) is 6.13. The van der Waals surface area contributed by atoms with Crippen molar-refractivity contribution in [1.82, 2.24) is 9.80 Å². The zero-order chi connectivity index (χ0) is 20.8. The fraction of sp³-hybridized carbons (Fsp3) is 0.360. The fourth-order valence-corrected chi connectivity index (χ4v) is 4.08. The summed E-state index contributed by atoms with van der Waals surface area (Å²) >= 11 is 0. The van der Waals surface area contributed by atoms with E-state index in [0.717, 1.165) is 63.4 Å². The van der Waals surface area contributed by atoms with Crippen molar-refractivity contribution >= 4 is 23.6 Å². The second-order valence-corrected chi connectivity index (χ2v) is 7.98. The SMILES string of the molecule is O=C(/C=C/c1ccc(N2CCCC2=O)cc1)N1CCN(CCc2ccccc2)CC1. The minimum atomic E-state index is 0.0662. The molecular formula is C25H29N3O2. The first-order chi connectivity index (χ1) is 14.7. The molecular weight excluding hydrogens is 374 g/mol. The Morgan fingerprint density at radius 3 is 2.30 bits per heavy atom. The molecule has 0 N–H and O–H groups in total. The van der Waals surface area contributed by atoms with Gasteiger partial charge in [-0.15, -0.1) is 0 Å². The van der Waals surface area contributed by atoms with E-state index in [9.17, 15) is 9.59 Å². The lowest BCUT2D eigenvalue weighted by atomic mass is 10.1. The van der Waals surface area contributed by atoms with Crippen molar-refractivity contribution in [3.05, 3.63) is 71.8 Å². The van der Waals surface area contributed by atoms with Crippen LogP contribution >= 0.6 is 0 Å². The molecule has 0 bridgehead atoms. The fourth-order valence-electron chi connectivity index (χ4n) is 4.08. The minimum Gasteiger partial charge on any atom is -0.337 e. The molecule has 2 amide bonds. The van der Waals surface area contributed by atoms with Crippen LogP contribution in [0.1, 0.15) is 24.0 Å². The molecule has 30 heavy (non-hydrogen) atoms. The second-order valence-electron chi connectivity index (χ2n) is 7.98.